The number of carbonyl (C=O) groups is 1. The number of rotatable bonds is 7. The Hall–Kier alpha value is -2.04. The van der Waals surface area contributed by atoms with Gasteiger partial charge in [0.1, 0.15) is 0 Å². The molecule has 0 bridgehead atoms. The monoisotopic (exact) mass is 371 g/mol. The summed E-state index contributed by atoms with van der Waals surface area (Å²) in [6, 6.07) is 15.9. The highest BCUT2D eigenvalue weighted by Gasteiger charge is 2.13. The molecule has 0 aromatic heterocycles. The Labute approximate surface area is 160 Å². The molecule has 1 amide bonds. The second-order valence-corrected chi connectivity index (χ2v) is 7.16. The number of nitrogens with one attached hydrogen (secondary N) is 1. The molecular formula is C21H26ClN3O. The molecule has 138 valence electrons. The fourth-order valence-corrected chi connectivity index (χ4v) is 3.52. The van der Waals surface area contributed by atoms with Gasteiger partial charge in [-0.2, -0.15) is 0 Å². The summed E-state index contributed by atoms with van der Waals surface area (Å²) in [6.07, 6.45) is 2.52. The largest absolute Gasteiger partial charge is 0.372 e. The molecule has 26 heavy (non-hydrogen) atoms. The smallest absolute Gasteiger partial charge is 0.238 e. The van der Waals surface area contributed by atoms with Gasteiger partial charge in [0, 0.05) is 36.0 Å². The van der Waals surface area contributed by atoms with Crippen molar-refractivity contribution in [3.63, 3.8) is 0 Å². The second-order valence-electron chi connectivity index (χ2n) is 6.72. The maximum atomic E-state index is 12.4. The van der Waals surface area contributed by atoms with Gasteiger partial charge in [-0.3, -0.25) is 9.69 Å². The zero-order valence-corrected chi connectivity index (χ0v) is 16.0. The molecule has 1 N–H and O–H groups in total. The predicted molar refractivity (Wildman–Crippen MR) is 109 cm³/mol. The van der Waals surface area contributed by atoms with Crippen molar-refractivity contribution in [2.75, 3.05) is 36.4 Å². The third-order valence-corrected chi connectivity index (χ3v) is 4.97. The summed E-state index contributed by atoms with van der Waals surface area (Å²) in [6.45, 7) is 6.17. The number of halogens is 1. The van der Waals surface area contributed by atoms with Gasteiger partial charge in [-0.1, -0.05) is 30.7 Å². The van der Waals surface area contributed by atoms with Crippen LogP contribution in [0.2, 0.25) is 5.02 Å². The van der Waals surface area contributed by atoms with Crippen molar-refractivity contribution in [3.8, 4) is 0 Å². The van der Waals surface area contributed by atoms with Crippen LogP contribution >= 0.6 is 11.6 Å². The minimum Gasteiger partial charge on any atom is -0.372 e. The zero-order chi connectivity index (χ0) is 18.4. The van der Waals surface area contributed by atoms with Crippen LogP contribution in [0.15, 0.2) is 48.5 Å². The van der Waals surface area contributed by atoms with Crippen LogP contribution in [0.3, 0.4) is 0 Å². The minimum atomic E-state index is 0.00259. The van der Waals surface area contributed by atoms with Crippen LogP contribution in [0.1, 0.15) is 25.3 Å². The lowest BCUT2D eigenvalue weighted by Crippen LogP contribution is -2.32. The van der Waals surface area contributed by atoms with Crippen molar-refractivity contribution in [1.82, 2.24) is 4.90 Å². The molecule has 0 saturated carbocycles. The van der Waals surface area contributed by atoms with E-state index in [-0.39, 0.29) is 5.91 Å². The third-order valence-electron chi connectivity index (χ3n) is 4.73. The van der Waals surface area contributed by atoms with E-state index in [1.54, 1.807) is 0 Å². The van der Waals surface area contributed by atoms with Gasteiger partial charge in [0.2, 0.25) is 5.91 Å². The first kappa shape index (κ1) is 18.7. The molecule has 0 spiro atoms. The summed E-state index contributed by atoms with van der Waals surface area (Å²) in [5.41, 5.74) is 3.19. The summed E-state index contributed by atoms with van der Waals surface area (Å²) in [4.78, 5) is 16.9. The molecule has 0 unspecified atom stereocenters. The average Bonchev–Trinajstić information content (AvgIpc) is 3.16. The summed E-state index contributed by atoms with van der Waals surface area (Å²) in [5, 5.41) is 3.72. The fourth-order valence-electron chi connectivity index (χ4n) is 3.31. The van der Waals surface area contributed by atoms with E-state index in [2.05, 4.69) is 34.2 Å². The number of anilines is 2. The third kappa shape index (κ3) is 5.23. The maximum absolute atomic E-state index is 12.4. The summed E-state index contributed by atoms with van der Waals surface area (Å²) in [5.74, 6) is 0.00259. The lowest BCUT2D eigenvalue weighted by Gasteiger charge is -2.20. The van der Waals surface area contributed by atoms with E-state index in [1.807, 2.05) is 36.4 Å². The fraction of sp³-hybridized carbons (Fsp3) is 0.381. The Morgan fingerprint density at radius 2 is 1.88 bits per heavy atom. The van der Waals surface area contributed by atoms with Gasteiger partial charge in [-0.15, -0.1) is 0 Å². The first-order valence-electron chi connectivity index (χ1n) is 9.25. The Balaban J connectivity index is 1.53. The van der Waals surface area contributed by atoms with Crippen LogP contribution in [0, 0.1) is 0 Å². The molecule has 1 aliphatic heterocycles. The molecule has 0 aliphatic carbocycles. The van der Waals surface area contributed by atoms with E-state index in [0.717, 1.165) is 35.9 Å². The quantitative estimate of drug-likeness (QED) is 0.783. The molecule has 4 nitrogen and oxygen atoms in total. The van der Waals surface area contributed by atoms with E-state index >= 15 is 0 Å². The van der Waals surface area contributed by atoms with Gasteiger partial charge in [0.25, 0.3) is 0 Å². The van der Waals surface area contributed by atoms with Gasteiger partial charge >= 0.3 is 0 Å². The molecule has 1 heterocycles. The minimum absolute atomic E-state index is 0.00259. The molecular weight excluding hydrogens is 346 g/mol. The standard InChI is InChI=1S/C21H26ClN3O/c1-2-24(15-17-6-5-7-18(22)14-17)16-21(26)23-19-8-10-20(11-9-19)25-12-3-4-13-25/h5-11,14H,2-4,12-13,15-16H2,1H3,(H,23,26). The predicted octanol–water partition coefficient (Wildman–Crippen LogP) is 4.40. The first-order chi connectivity index (χ1) is 12.6. The molecule has 1 fully saturated rings. The molecule has 2 aromatic carbocycles. The van der Waals surface area contributed by atoms with Crippen LogP contribution in [0.4, 0.5) is 11.4 Å². The number of hydrogen-bond donors (Lipinski definition) is 1. The molecule has 1 saturated heterocycles. The van der Waals surface area contributed by atoms with Crippen molar-refractivity contribution >= 4 is 28.9 Å². The molecule has 2 aromatic rings. The van der Waals surface area contributed by atoms with E-state index in [1.165, 1.54) is 18.5 Å². The molecule has 5 heteroatoms. The Bertz CT molecular complexity index is 726. The number of amides is 1. The highest BCUT2D eigenvalue weighted by Crippen LogP contribution is 2.22. The SMILES string of the molecule is CCN(CC(=O)Nc1ccc(N2CCCC2)cc1)Cc1cccc(Cl)c1. The highest BCUT2D eigenvalue weighted by molar-refractivity contribution is 6.30. The number of carbonyl (C=O) groups excluding carboxylic acids is 1. The Morgan fingerprint density at radius 3 is 2.54 bits per heavy atom. The van der Waals surface area contributed by atoms with Crippen molar-refractivity contribution in [2.24, 2.45) is 0 Å². The van der Waals surface area contributed by atoms with Gasteiger partial charge in [0.15, 0.2) is 0 Å². The van der Waals surface area contributed by atoms with Gasteiger partial charge < -0.3 is 10.2 Å². The van der Waals surface area contributed by atoms with Crippen molar-refractivity contribution < 1.29 is 4.79 Å². The molecule has 0 atom stereocenters. The van der Waals surface area contributed by atoms with Crippen LogP contribution in [0.25, 0.3) is 0 Å². The van der Waals surface area contributed by atoms with Gasteiger partial charge in [-0.25, -0.2) is 0 Å². The lowest BCUT2D eigenvalue weighted by atomic mass is 10.2. The van der Waals surface area contributed by atoms with Crippen molar-refractivity contribution in [3.05, 3.63) is 59.1 Å². The molecule has 0 radical (unpaired) electrons. The highest BCUT2D eigenvalue weighted by atomic mass is 35.5. The number of nitrogens with zero attached hydrogens (tertiary/aromatic N) is 2. The van der Waals surface area contributed by atoms with Crippen molar-refractivity contribution in [2.45, 2.75) is 26.3 Å². The normalized spacial score (nSPS) is 14.0. The van der Waals surface area contributed by atoms with E-state index in [0.29, 0.717) is 13.1 Å². The zero-order valence-electron chi connectivity index (χ0n) is 15.2. The van der Waals surface area contributed by atoms with Crippen LogP contribution in [0.5, 0.6) is 0 Å². The molecule has 3 rings (SSSR count). The topological polar surface area (TPSA) is 35.6 Å². The van der Waals surface area contributed by atoms with Crippen LogP contribution in [-0.2, 0) is 11.3 Å². The molecule has 1 aliphatic rings. The van der Waals surface area contributed by atoms with E-state index in [4.69, 9.17) is 11.6 Å². The average molecular weight is 372 g/mol. The first-order valence-corrected chi connectivity index (χ1v) is 9.63. The van der Waals surface area contributed by atoms with Crippen LogP contribution in [-0.4, -0.2) is 37.0 Å². The Kier molecular flexibility index (Phi) is 6.53. The van der Waals surface area contributed by atoms with Gasteiger partial charge in [-0.05, 0) is 61.3 Å². The van der Waals surface area contributed by atoms with E-state index in [9.17, 15) is 4.79 Å². The summed E-state index contributed by atoms with van der Waals surface area (Å²) < 4.78 is 0. The summed E-state index contributed by atoms with van der Waals surface area (Å²) in [7, 11) is 0. The second kappa shape index (κ2) is 9.06. The number of hydrogen-bond acceptors (Lipinski definition) is 3. The summed E-state index contributed by atoms with van der Waals surface area (Å²) >= 11 is 6.04. The van der Waals surface area contributed by atoms with Crippen molar-refractivity contribution in [1.29, 1.82) is 0 Å². The Morgan fingerprint density at radius 1 is 1.15 bits per heavy atom. The number of benzene rings is 2. The maximum Gasteiger partial charge on any atom is 0.238 e. The lowest BCUT2D eigenvalue weighted by molar-refractivity contribution is -0.117. The van der Waals surface area contributed by atoms with Gasteiger partial charge in [0.05, 0.1) is 6.54 Å². The van der Waals surface area contributed by atoms with Crippen LogP contribution < -0.4 is 10.2 Å². The number of likely N-dealkylation sites (N-methyl/N-ethyl adjacent to an activating group) is 1. The van der Waals surface area contributed by atoms with E-state index < -0.39 is 0 Å².